The third-order valence-electron chi connectivity index (χ3n) is 5.34. The van der Waals surface area contributed by atoms with Crippen molar-refractivity contribution < 1.29 is 19.6 Å². The fraction of sp³-hybridized carbons (Fsp3) is 0.467. The third kappa shape index (κ3) is 1.56. The maximum absolute atomic E-state index is 12.6. The summed E-state index contributed by atoms with van der Waals surface area (Å²) in [6.45, 7) is 0. The molecule has 0 unspecified atom stereocenters. The predicted molar refractivity (Wildman–Crippen MR) is 75.1 cm³/mol. The average Bonchev–Trinajstić information content (AvgIpc) is 3.14. The normalized spacial score (nSPS) is 32.6. The molecule has 3 aliphatic rings. The Kier molecular flexibility index (Phi) is 2.58. The summed E-state index contributed by atoms with van der Waals surface area (Å²) in [7, 11) is 0. The number of rotatable bonds is 2. The number of fused-ring (bicyclic) bond motifs is 5. The fourth-order valence-electron chi connectivity index (χ4n) is 4.46. The molecule has 3 fully saturated rings. The van der Waals surface area contributed by atoms with Crippen LogP contribution in [0, 0.1) is 33.8 Å². The summed E-state index contributed by atoms with van der Waals surface area (Å²) < 4.78 is 0. The Bertz CT molecular complexity index is 688. The number of hydrogen-bond acceptors (Lipinski definition) is 5. The molecule has 1 aromatic carbocycles. The summed E-state index contributed by atoms with van der Waals surface area (Å²) in [4.78, 5) is 36.3. The van der Waals surface area contributed by atoms with Gasteiger partial charge in [-0.15, -0.1) is 0 Å². The Morgan fingerprint density at radius 2 is 1.73 bits per heavy atom. The van der Waals surface area contributed by atoms with E-state index in [-0.39, 0.29) is 46.9 Å². The van der Waals surface area contributed by atoms with E-state index in [4.69, 9.17) is 0 Å². The zero-order chi connectivity index (χ0) is 15.6. The summed E-state index contributed by atoms with van der Waals surface area (Å²) in [5.74, 6) is -0.990. The molecule has 2 bridgehead atoms. The van der Waals surface area contributed by atoms with Crippen LogP contribution in [0.5, 0.6) is 5.75 Å². The number of phenolic OH excluding ortho intramolecular Hbond substituents is 1. The summed E-state index contributed by atoms with van der Waals surface area (Å²) >= 11 is 0. The molecule has 2 saturated carbocycles. The number of nitrogens with zero attached hydrogens (tertiary/aromatic N) is 2. The van der Waals surface area contributed by atoms with Gasteiger partial charge in [0.2, 0.25) is 11.8 Å². The smallest absolute Gasteiger partial charge is 0.273 e. The molecule has 2 amide bonds. The van der Waals surface area contributed by atoms with Gasteiger partial charge in [-0.25, -0.2) is 4.90 Å². The number of carbonyl (C=O) groups excluding carboxylic acids is 2. The molecular weight excluding hydrogens is 288 g/mol. The zero-order valence-electron chi connectivity index (χ0n) is 11.6. The topological polar surface area (TPSA) is 101 Å². The van der Waals surface area contributed by atoms with Crippen molar-refractivity contribution in [3.63, 3.8) is 0 Å². The molecule has 4 atom stereocenters. The van der Waals surface area contributed by atoms with Crippen LogP contribution in [0.25, 0.3) is 0 Å². The lowest BCUT2D eigenvalue weighted by Crippen LogP contribution is -2.32. The second-order valence-electron chi connectivity index (χ2n) is 6.33. The van der Waals surface area contributed by atoms with Gasteiger partial charge in [0.05, 0.1) is 28.5 Å². The summed E-state index contributed by atoms with van der Waals surface area (Å²) in [6.07, 6.45) is 2.89. The van der Waals surface area contributed by atoms with Crippen LogP contribution < -0.4 is 4.90 Å². The van der Waals surface area contributed by atoms with Crippen molar-refractivity contribution in [3.8, 4) is 5.75 Å². The van der Waals surface area contributed by atoms with Gasteiger partial charge < -0.3 is 5.11 Å². The highest BCUT2D eigenvalue weighted by molar-refractivity contribution is 6.23. The molecule has 7 nitrogen and oxygen atoms in total. The number of anilines is 1. The Morgan fingerprint density at radius 3 is 2.23 bits per heavy atom. The van der Waals surface area contributed by atoms with E-state index in [0.29, 0.717) is 0 Å². The SMILES string of the molecule is O=C1[C@H]2[C@H]3CC[C@@H](C3)[C@@H]2C(=O)N1c1ccc([N+](=O)[O-])cc1O. The molecule has 22 heavy (non-hydrogen) atoms. The van der Waals surface area contributed by atoms with Crippen LogP contribution in [-0.2, 0) is 9.59 Å². The van der Waals surface area contributed by atoms with Crippen molar-refractivity contribution in [1.29, 1.82) is 0 Å². The molecule has 7 heteroatoms. The van der Waals surface area contributed by atoms with Gasteiger partial charge in [-0.2, -0.15) is 0 Å². The molecule has 0 radical (unpaired) electrons. The Labute approximate surface area is 125 Å². The molecule has 1 N–H and O–H groups in total. The molecular formula is C15H14N2O5. The highest BCUT2D eigenvalue weighted by Crippen LogP contribution is 2.57. The van der Waals surface area contributed by atoms with Crippen molar-refractivity contribution in [1.82, 2.24) is 0 Å². The Balaban J connectivity index is 1.73. The minimum absolute atomic E-state index is 0.0504. The molecule has 114 valence electrons. The van der Waals surface area contributed by atoms with Crippen molar-refractivity contribution >= 4 is 23.2 Å². The van der Waals surface area contributed by atoms with Crippen LogP contribution >= 0.6 is 0 Å². The standard InChI is InChI=1S/C15H14N2O5/c18-11-6-9(17(21)22)3-4-10(11)16-14(19)12-7-1-2-8(5-7)13(12)15(16)20/h3-4,6-8,12-13,18H,1-2,5H2/t7-,8-,12-,13-/m0/s1. The first-order valence-corrected chi connectivity index (χ1v) is 7.34. The van der Waals surface area contributed by atoms with Crippen LogP contribution in [0.3, 0.4) is 0 Å². The van der Waals surface area contributed by atoms with Crippen LogP contribution in [0.15, 0.2) is 18.2 Å². The van der Waals surface area contributed by atoms with Gasteiger partial charge in [-0.05, 0) is 37.2 Å². The molecule has 4 rings (SSSR count). The number of nitro benzene ring substituents is 1. The van der Waals surface area contributed by atoms with Crippen LogP contribution in [0.1, 0.15) is 19.3 Å². The third-order valence-corrected chi connectivity index (χ3v) is 5.34. The zero-order valence-corrected chi connectivity index (χ0v) is 11.6. The number of phenols is 1. The van der Waals surface area contributed by atoms with E-state index in [0.717, 1.165) is 30.2 Å². The maximum Gasteiger partial charge on any atom is 0.273 e. The number of aromatic hydroxyl groups is 1. The molecule has 0 aromatic heterocycles. The highest BCUT2D eigenvalue weighted by atomic mass is 16.6. The molecule has 0 spiro atoms. The van der Waals surface area contributed by atoms with Crippen LogP contribution in [0.2, 0.25) is 0 Å². The summed E-state index contributed by atoms with van der Waals surface area (Å²) in [6, 6.07) is 3.43. The molecule has 2 aliphatic carbocycles. The van der Waals surface area contributed by atoms with E-state index >= 15 is 0 Å². The minimum atomic E-state index is -0.633. The predicted octanol–water partition coefficient (Wildman–Crippen LogP) is 1.84. The first-order valence-electron chi connectivity index (χ1n) is 7.34. The van der Waals surface area contributed by atoms with E-state index in [1.807, 2.05) is 0 Å². The van der Waals surface area contributed by atoms with Gasteiger partial charge in [-0.3, -0.25) is 19.7 Å². The lowest BCUT2D eigenvalue weighted by atomic mass is 9.81. The fourth-order valence-corrected chi connectivity index (χ4v) is 4.46. The minimum Gasteiger partial charge on any atom is -0.505 e. The second kappa shape index (κ2) is 4.28. The number of non-ortho nitro benzene ring substituents is 1. The highest BCUT2D eigenvalue weighted by Gasteiger charge is 2.61. The van der Waals surface area contributed by atoms with Gasteiger partial charge in [0.15, 0.2) is 0 Å². The number of hydrogen-bond donors (Lipinski definition) is 1. The van der Waals surface area contributed by atoms with Crippen molar-refractivity contribution in [3.05, 3.63) is 28.3 Å². The summed E-state index contributed by atoms with van der Waals surface area (Å²) in [5, 5.41) is 20.7. The number of carbonyl (C=O) groups is 2. The first-order chi connectivity index (χ1) is 10.5. The van der Waals surface area contributed by atoms with Gasteiger partial charge in [0.1, 0.15) is 5.75 Å². The monoisotopic (exact) mass is 302 g/mol. The lowest BCUT2D eigenvalue weighted by Gasteiger charge is -2.19. The molecule has 1 aromatic rings. The number of imide groups is 1. The first kappa shape index (κ1) is 13.2. The van der Waals surface area contributed by atoms with E-state index in [1.165, 1.54) is 12.1 Å². The van der Waals surface area contributed by atoms with Crippen LogP contribution in [0.4, 0.5) is 11.4 Å². The largest absolute Gasteiger partial charge is 0.505 e. The van der Waals surface area contributed by atoms with E-state index < -0.39 is 10.7 Å². The van der Waals surface area contributed by atoms with E-state index in [9.17, 15) is 24.8 Å². The van der Waals surface area contributed by atoms with Gasteiger partial charge >= 0.3 is 0 Å². The maximum atomic E-state index is 12.6. The van der Waals surface area contributed by atoms with Crippen molar-refractivity contribution in [2.75, 3.05) is 4.90 Å². The van der Waals surface area contributed by atoms with Gasteiger partial charge in [0, 0.05) is 6.07 Å². The summed E-state index contributed by atoms with van der Waals surface area (Å²) in [5.41, 5.74) is -0.227. The molecule has 1 saturated heterocycles. The van der Waals surface area contributed by atoms with Gasteiger partial charge in [-0.1, -0.05) is 0 Å². The second-order valence-corrected chi connectivity index (χ2v) is 6.33. The Hall–Kier alpha value is -2.44. The number of nitro groups is 1. The lowest BCUT2D eigenvalue weighted by molar-refractivity contribution is -0.384. The van der Waals surface area contributed by atoms with Crippen molar-refractivity contribution in [2.45, 2.75) is 19.3 Å². The average molecular weight is 302 g/mol. The quantitative estimate of drug-likeness (QED) is 0.510. The number of benzene rings is 1. The van der Waals surface area contributed by atoms with E-state index in [1.54, 1.807) is 0 Å². The molecule has 1 heterocycles. The van der Waals surface area contributed by atoms with E-state index in [2.05, 4.69) is 0 Å². The van der Waals surface area contributed by atoms with Crippen LogP contribution in [-0.4, -0.2) is 21.8 Å². The van der Waals surface area contributed by atoms with Crippen molar-refractivity contribution in [2.24, 2.45) is 23.7 Å². The molecule has 1 aliphatic heterocycles. The van der Waals surface area contributed by atoms with Gasteiger partial charge in [0.25, 0.3) is 5.69 Å². The Morgan fingerprint density at radius 1 is 1.14 bits per heavy atom. The number of amides is 2.